The molecule has 144 valence electrons. The molecular weight excluding hydrogens is 336 g/mol. The predicted octanol–water partition coefficient (Wildman–Crippen LogP) is 3.56. The smallest absolute Gasteiger partial charge is 0.119 e. The number of ether oxygens (including phenoxy) is 2. The Morgan fingerprint density at radius 2 is 1.70 bits per heavy atom. The van der Waals surface area contributed by atoms with Crippen LogP contribution in [-0.2, 0) is 17.8 Å². The van der Waals surface area contributed by atoms with Gasteiger partial charge < -0.3 is 9.47 Å². The van der Waals surface area contributed by atoms with Crippen LogP contribution in [-0.4, -0.2) is 55.3 Å². The number of likely N-dealkylation sites (tertiary alicyclic amines) is 1. The standard InChI is InChI=1S/C23H30N2O2/c1-26-23-9-5-8-20(14-23)15-24-17-22(18-24)25(21-10-12-27-13-11-21)16-19-6-3-2-4-7-19/h2-9,14,21-22H,10-13,15-18H2,1H3. The Balaban J connectivity index is 1.38. The Bertz CT molecular complexity index is 709. The monoisotopic (exact) mass is 366 g/mol. The first kappa shape index (κ1) is 18.5. The lowest BCUT2D eigenvalue weighted by Gasteiger charge is -2.49. The first-order valence-corrected chi connectivity index (χ1v) is 10.0. The van der Waals surface area contributed by atoms with Crippen LogP contribution in [0.1, 0.15) is 24.0 Å². The summed E-state index contributed by atoms with van der Waals surface area (Å²) in [7, 11) is 1.73. The third-order valence-electron chi connectivity index (χ3n) is 5.82. The largest absolute Gasteiger partial charge is 0.497 e. The highest BCUT2D eigenvalue weighted by Crippen LogP contribution is 2.26. The second-order valence-corrected chi connectivity index (χ2v) is 7.70. The average molecular weight is 367 g/mol. The van der Waals surface area contributed by atoms with E-state index in [1.54, 1.807) is 7.11 Å². The van der Waals surface area contributed by atoms with Gasteiger partial charge in [-0.15, -0.1) is 0 Å². The fraction of sp³-hybridized carbons (Fsp3) is 0.478. The van der Waals surface area contributed by atoms with E-state index in [1.807, 2.05) is 6.07 Å². The van der Waals surface area contributed by atoms with Crippen molar-refractivity contribution in [3.8, 4) is 5.75 Å². The van der Waals surface area contributed by atoms with Gasteiger partial charge in [-0.25, -0.2) is 0 Å². The summed E-state index contributed by atoms with van der Waals surface area (Å²) < 4.78 is 11.0. The molecule has 2 aromatic rings. The molecule has 2 heterocycles. The van der Waals surface area contributed by atoms with E-state index in [9.17, 15) is 0 Å². The number of benzene rings is 2. The van der Waals surface area contributed by atoms with Gasteiger partial charge in [-0.2, -0.15) is 0 Å². The molecule has 0 aromatic heterocycles. The molecule has 0 unspecified atom stereocenters. The molecule has 0 bridgehead atoms. The van der Waals surface area contributed by atoms with Crippen LogP contribution in [0.25, 0.3) is 0 Å². The molecule has 4 rings (SSSR count). The van der Waals surface area contributed by atoms with E-state index in [-0.39, 0.29) is 0 Å². The lowest BCUT2D eigenvalue weighted by Crippen LogP contribution is -2.61. The molecule has 0 atom stereocenters. The Morgan fingerprint density at radius 1 is 0.963 bits per heavy atom. The lowest BCUT2D eigenvalue weighted by atomic mass is 9.98. The van der Waals surface area contributed by atoms with E-state index >= 15 is 0 Å². The quantitative estimate of drug-likeness (QED) is 0.748. The van der Waals surface area contributed by atoms with Crippen LogP contribution in [0.4, 0.5) is 0 Å². The molecule has 4 nitrogen and oxygen atoms in total. The van der Waals surface area contributed by atoms with Gasteiger partial charge in [-0.3, -0.25) is 9.80 Å². The maximum absolute atomic E-state index is 5.60. The molecule has 0 radical (unpaired) electrons. The zero-order chi connectivity index (χ0) is 18.5. The number of hydrogen-bond donors (Lipinski definition) is 0. The number of methoxy groups -OCH3 is 1. The molecule has 2 aliphatic heterocycles. The zero-order valence-electron chi connectivity index (χ0n) is 16.2. The second-order valence-electron chi connectivity index (χ2n) is 7.70. The number of nitrogens with zero attached hydrogens (tertiary/aromatic N) is 2. The van der Waals surface area contributed by atoms with E-state index in [1.165, 1.54) is 11.1 Å². The van der Waals surface area contributed by atoms with Crippen molar-refractivity contribution in [1.82, 2.24) is 9.80 Å². The van der Waals surface area contributed by atoms with E-state index in [2.05, 4.69) is 58.3 Å². The fourth-order valence-electron chi connectivity index (χ4n) is 4.28. The Hall–Kier alpha value is -1.88. The van der Waals surface area contributed by atoms with Gasteiger partial charge in [-0.05, 0) is 36.1 Å². The average Bonchev–Trinajstić information content (AvgIpc) is 2.70. The predicted molar refractivity (Wildman–Crippen MR) is 108 cm³/mol. The molecular formula is C23H30N2O2. The minimum absolute atomic E-state index is 0.638. The summed E-state index contributed by atoms with van der Waals surface area (Å²) in [5, 5.41) is 0. The maximum Gasteiger partial charge on any atom is 0.119 e. The minimum Gasteiger partial charge on any atom is -0.497 e. The van der Waals surface area contributed by atoms with E-state index in [0.717, 1.165) is 58.0 Å². The van der Waals surface area contributed by atoms with E-state index in [0.29, 0.717) is 12.1 Å². The van der Waals surface area contributed by atoms with Crippen LogP contribution in [0.2, 0.25) is 0 Å². The Kier molecular flexibility index (Phi) is 6.07. The van der Waals surface area contributed by atoms with Crippen molar-refractivity contribution < 1.29 is 9.47 Å². The highest BCUT2D eigenvalue weighted by molar-refractivity contribution is 5.28. The molecule has 2 aliphatic rings. The summed E-state index contributed by atoms with van der Waals surface area (Å²) in [6.45, 7) is 6.12. The lowest BCUT2D eigenvalue weighted by molar-refractivity contribution is -0.0380. The third kappa shape index (κ3) is 4.70. The van der Waals surface area contributed by atoms with Crippen molar-refractivity contribution in [3.05, 3.63) is 65.7 Å². The van der Waals surface area contributed by atoms with Crippen LogP contribution in [0.5, 0.6) is 5.75 Å². The van der Waals surface area contributed by atoms with Crippen molar-refractivity contribution in [2.75, 3.05) is 33.4 Å². The molecule has 0 N–H and O–H groups in total. The summed E-state index contributed by atoms with van der Waals surface area (Å²) >= 11 is 0. The maximum atomic E-state index is 5.60. The van der Waals surface area contributed by atoms with Gasteiger partial charge in [0.15, 0.2) is 0 Å². The molecule has 4 heteroatoms. The van der Waals surface area contributed by atoms with Crippen LogP contribution in [0.3, 0.4) is 0 Å². The van der Waals surface area contributed by atoms with E-state index in [4.69, 9.17) is 9.47 Å². The van der Waals surface area contributed by atoms with Crippen LogP contribution in [0, 0.1) is 0 Å². The van der Waals surface area contributed by atoms with Crippen molar-refractivity contribution in [2.24, 2.45) is 0 Å². The second kappa shape index (κ2) is 8.87. The fourth-order valence-corrected chi connectivity index (χ4v) is 4.28. The van der Waals surface area contributed by atoms with Gasteiger partial charge in [0.2, 0.25) is 0 Å². The normalized spacial score (nSPS) is 19.2. The van der Waals surface area contributed by atoms with Crippen LogP contribution in [0.15, 0.2) is 54.6 Å². The van der Waals surface area contributed by atoms with Gasteiger partial charge in [0.05, 0.1) is 7.11 Å². The minimum atomic E-state index is 0.638. The highest BCUT2D eigenvalue weighted by atomic mass is 16.5. The molecule has 2 saturated heterocycles. The molecule has 0 spiro atoms. The summed E-state index contributed by atoms with van der Waals surface area (Å²) in [4.78, 5) is 5.27. The molecule has 27 heavy (non-hydrogen) atoms. The van der Waals surface area contributed by atoms with Crippen molar-refractivity contribution in [1.29, 1.82) is 0 Å². The van der Waals surface area contributed by atoms with Gasteiger partial charge >= 0.3 is 0 Å². The van der Waals surface area contributed by atoms with Crippen LogP contribution >= 0.6 is 0 Å². The molecule has 0 amide bonds. The van der Waals surface area contributed by atoms with Gasteiger partial charge in [0.25, 0.3) is 0 Å². The van der Waals surface area contributed by atoms with Gasteiger partial charge in [0.1, 0.15) is 5.75 Å². The Morgan fingerprint density at radius 3 is 2.44 bits per heavy atom. The zero-order valence-corrected chi connectivity index (χ0v) is 16.2. The summed E-state index contributed by atoms with van der Waals surface area (Å²) in [6, 6.07) is 20.6. The Labute approximate surface area is 162 Å². The van der Waals surface area contributed by atoms with Gasteiger partial charge in [-0.1, -0.05) is 42.5 Å². The number of rotatable bonds is 7. The highest BCUT2D eigenvalue weighted by Gasteiger charge is 2.35. The van der Waals surface area contributed by atoms with Crippen molar-refractivity contribution in [3.63, 3.8) is 0 Å². The SMILES string of the molecule is COc1cccc(CN2CC(N(Cc3ccccc3)C3CCOCC3)C2)c1. The van der Waals surface area contributed by atoms with Gasteiger partial charge in [0, 0.05) is 51.5 Å². The molecule has 0 aliphatic carbocycles. The molecule has 2 aromatic carbocycles. The van der Waals surface area contributed by atoms with Crippen molar-refractivity contribution >= 4 is 0 Å². The summed E-state index contributed by atoms with van der Waals surface area (Å²) in [5.41, 5.74) is 2.74. The van der Waals surface area contributed by atoms with Crippen LogP contribution < -0.4 is 4.74 Å². The first-order valence-electron chi connectivity index (χ1n) is 10.0. The first-order chi connectivity index (χ1) is 13.3. The summed E-state index contributed by atoms with van der Waals surface area (Å²) in [6.07, 6.45) is 2.30. The summed E-state index contributed by atoms with van der Waals surface area (Å²) in [5.74, 6) is 0.942. The third-order valence-corrected chi connectivity index (χ3v) is 5.82. The number of hydrogen-bond acceptors (Lipinski definition) is 4. The molecule has 2 fully saturated rings. The van der Waals surface area contributed by atoms with E-state index < -0.39 is 0 Å². The topological polar surface area (TPSA) is 24.9 Å². The molecule has 0 saturated carbocycles. The van der Waals surface area contributed by atoms with Crippen molar-refractivity contribution in [2.45, 2.75) is 38.0 Å².